The lowest BCUT2D eigenvalue weighted by Crippen LogP contribution is -2.55. The molecule has 3 aromatic rings. The molecular weight excluding hydrogens is 550 g/mol. The maximum absolute atomic E-state index is 13.0. The Bertz CT molecular complexity index is 1470. The van der Waals surface area contributed by atoms with E-state index in [2.05, 4.69) is 11.0 Å². The normalized spacial score (nSPS) is 23.7. The molecule has 2 aliphatic heterocycles. The van der Waals surface area contributed by atoms with Gasteiger partial charge >= 0.3 is 5.97 Å². The van der Waals surface area contributed by atoms with Crippen LogP contribution in [0.2, 0.25) is 0 Å². The smallest absolute Gasteiger partial charge is 0.312 e. The molecule has 8 nitrogen and oxygen atoms in total. The molecular formula is C33H39N3O5S. The highest BCUT2D eigenvalue weighted by atomic mass is 32.1. The van der Waals surface area contributed by atoms with Gasteiger partial charge in [-0.1, -0.05) is 17.7 Å². The van der Waals surface area contributed by atoms with Crippen LogP contribution in [0.4, 0.5) is 5.13 Å². The summed E-state index contributed by atoms with van der Waals surface area (Å²) in [6.45, 7) is 6.98. The van der Waals surface area contributed by atoms with Gasteiger partial charge in [-0.3, -0.25) is 9.59 Å². The monoisotopic (exact) mass is 589 g/mol. The molecule has 0 radical (unpaired) electrons. The van der Waals surface area contributed by atoms with Gasteiger partial charge in [0.25, 0.3) is 5.91 Å². The number of carbonyl (C=O) groups is 2. The lowest BCUT2D eigenvalue weighted by Gasteiger charge is -2.43. The first kappa shape index (κ1) is 28.7. The van der Waals surface area contributed by atoms with Crippen molar-refractivity contribution in [2.24, 2.45) is 17.3 Å². The lowest BCUT2D eigenvalue weighted by atomic mass is 9.70. The molecule has 1 aliphatic carbocycles. The number of likely N-dealkylation sites (tertiary alicyclic amines) is 1. The number of piperidine rings is 2. The zero-order valence-electron chi connectivity index (χ0n) is 24.3. The number of fused-ring (bicyclic) bond motifs is 2. The molecule has 2 unspecified atom stereocenters. The number of carbonyl (C=O) groups excluding carboxylic acids is 1. The molecule has 2 saturated heterocycles. The Morgan fingerprint density at radius 3 is 2.45 bits per heavy atom. The highest BCUT2D eigenvalue weighted by Crippen LogP contribution is 2.52. The summed E-state index contributed by atoms with van der Waals surface area (Å²) in [6.07, 6.45) is 4.97. The molecule has 6 rings (SSSR count). The first-order chi connectivity index (χ1) is 20.3. The van der Waals surface area contributed by atoms with Gasteiger partial charge < -0.3 is 24.7 Å². The van der Waals surface area contributed by atoms with Crippen LogP contribution in [-0.4, -0.2) is 64.8 Å². The summed E-state index contributed by atoms with van der Waals surface area (Å²) in [4.78, 5) is 34.2. The predicted octanol–water partition coefficient (Wildman–Crippen LogP) is 5.54. The molecule has 3 fully saturated rings. The van der Waals surface area contributed by atoms with Gasteiger partial charge in [0.2, 0.25) is 0 Å². The quantitative estimate of drug-likeness (QED) is 0.356. The van der Waals surface area contributed by atoms with E-state index in [1.165, 1.54) is 6.42 Å². The number of benzene rings is 2. The van der Waals surface area contributed by atoms with Crippen molar-refractivity contribution in [1.29, 1.82) is 0 Å². The fourth-order valence-electron chi connectivity index (χ4n) is 7.13. The van der Waals surface area contributed by atoms with Crippen molar-refractivity contribution in [2.75, 3.05) is 37.7 Å². The third-order valence-electron chi connectivity index (χ3n) is 9.65. The fraction of sp³-hybridized carbons (Fsp3) is 0.485. The fourth-order valence-corrected chi connectivity index (χ4v) is 7.97. The average Bonchev–Trinajstić information content (AvgIpc) is 3.56. The van der Waals surface area contributed by atoms with Crippen LogP contribution in [0.1, 0.15) is 59.2 Å². The lowest BCUT2D eigenvalue weighted by molar-refractivity contribution is -0.159. The second-order valence-electron chi connectivity index (χ2n) is 12.2. The minimum atomic E-state index is -1.04. The standard InChI is InChI=1S/C33H39N3O5S/c1-21-6-11-29(41-18-24-8-7-23(15-22(24)2)30(38)35-12-4-3-5-13-35)27(14-21)28-19-42-32(34-28)36-16-25-9-10-26(17-36)33(25,20-37)31(39)40/h6-8,11,14-15,19,25-26,37H,3-5,9-10,12-13,16-18,20H2,1-2H3,(H,39,40). The topological polar surface area (TPSA) is 103 Å². The van der Waals surface area contributed by atoms with Gasteiger partial charge in [0, 0.05) is 42.7 Å². The maximum Gasteiger partial charge on any atom is 0.312 e. The number of nitrogens with zero attached hydrogens (tertiary/aromatic N) is 3. The number of aliphatic hydroxyl groups excluding tert-OH is 1. The molecule has 1 saturated carbocycles. The van der Waals surface area contributed by atoms with E-state index in [1.54, 1.807) is 11.3 Å². The third kappa shape index (κ3) is 5.17. The van der Waals surface area contributed by atoms with Gasteiger partial charge in [0.1, 0.15) is 12.4 Å². The van der Waals surface area contributed by atoms with Crippen LogP contribution in [-0.2, 0) is 11.4 Å². The number of hydrogen-bond acceptors (Lipinski definition) is 7. The number of carboxylic acid groups (broad SMARTS) is 1. The minimum absolute atomic E-state index is 0.0891. The number of anilines is 1. The number of rotatable bonds is 8. The third-order valence-corrected chi connectivity index (χ3v) is 10.6. The van der Waals surface area contributed by atoms with Gasteiger partial charge in [-0.05, 0) is 93.2 Å². The number of ether oxygens (including phenoxy) is 1. The van der Waals surface area contributed by atoms with Crippen molar-refractivity contribution < 1.29 is 24.5 Å². The zero-order valence-corrected chi connectivity index (χ0v) is 25.2. The number of thiazole rings is 1. The van der Waals surface area contributed by atoms with Crippen molar-refractivity contribution in [3.63, 3.8) is 0 Å². The first-order valence-electron chi connectivity index (χ1n) is 15.0. The van der Waals surface area contributed by atoms with Gasteiger partial charge in [0.15, 0.2) is 5.13 Å². The molecule has 2 bridgehead atoms. The number of aryl methyl sites for hydroxylation is 2. The Kier molecular flexibility index (Phi) is 7.98. The second kappa shape index (κ2) is 11.7. The van der Waals surface area contributed by atoms with Crippen LogP contribution < -0.4 is 9.64 Å². The summed E-state index contributed by atoms with van der Waals surface area (Å²) in [7, 11) is 0. The van der Waals surface area contributed by atoms with Crippen LogP contribution in [0.3, 0.4) is 0 Å². The van der Waals surface area contributed by atoms with Crippen molar-refractivity contribution in [3.8, 4) is 17.0 Å². The van der Waals surface area contributed by atoms with Crippen LogP contribution >= 0.6 is 11.3 Å². The minimum Gasteiger partial charge on any atom is -0.488 e. The van der Waals surface area contributed by atoms with Crippen LogP contribution in [0.25, 0.3) is 11.3 Å². The Balaban J connectivity index is 1.17. The van der Waals surface area contributed by atoms with E-state index < -0.39 is 11.4 Å². The molecule has 1 aromatic heterocycles. The van der Waals surface area contributed by atoms with Crippen molar-refractivity contribution >= 4 is 28.3 Å². The van der Waals surface area contributed by atoms with E-state index >= 15 is 0 Å². The Hall–Kier alpha value is -3.43. The van der Waals surface area contributed by atoms with E-state index in [4.69, 9.17) is 9.72 Å². The molecule has 9 heteroatoms. The maximum atomic E-state index is 13.0. The van der Waals surface area contributed by atoms with Gasteiger partial charge in [0.05, 0.1) is 17.7 Å². The Morgan fingerprint density at radius 1 is 1.05 bits per heavy atom. The molecule has 0 spiro atoms. The molecule has 3 aliphatic rings. The second-order valence-corrected chi connectivity index (χ2v) is 13.0. The van der Waals surface area contributed by atoms with E-state index in [9.17, 15) is 19.8 Å². The van der Waals surface area contributed by atoms with Crippen molar-refractivity contribution in [3.05, 3.63) is 64.0 Å². The molecule has 2 atom stereocenters. The molecule has 1 amide bonds. The SMILES string of the molecule is Cc1ccc(OCc2ccc(C(=O)N3CCCCC3)cc2C)c(-c2csc(N3CC4CCC(C3)C4(CO)C(=O)O)n2)c1. The number of amides is 1. The number of aliphatic hydroxyl groups is 1. The predicted molar refractivity (Wildman–Crippen MR) is 163 cm³/mol. The Morgan fingerprint density at radius 2 is 1.79 bits per heavy atom. The van der Waals surface area contributed by atoms with E-state index in [0.717, 1.165) is 83.2 Å². The molecule has 42 heavy (non-hydrogen) atoms. The zero-order chi connectivity index (χ0) is 29.4. The van der Waals surface area contributed by atoms with Gasteiger partial charge in [-0.15, -0.1) is 11.3 Å². The first-order valence-corrected chi connectivity index (χ1v) is 15.9. The summed E-state index contributed by atoms with van der Waals surface area (Å²) < 4.78 is 6.36. The summed E-state index contributed by atoms with van der Waals surface area (Å²) >= 11 is 1.56. The van der Waals surface area contributed by atoms with Crippen LogP contribution in [0, 0.1) is 31.1 Å². The summed E-state index contributed by atoms with van der Waals surface area (Å²) in [5.74, 6) is -0.203. The number of carboxylic acids is 1. The van der Waals surface area contributed by atoms with Crippen LogP contribution in [0.15, 0.2) is 41.8 Å². The molecule has 3 heterocycles. The van der Waals surface area contributed by atoms with E-state index in [0.29, 0.717) is 19.7 Å². The van der Waals surface area contributed by atoms with Crippen molar-refractivity contribution in [2.45, 2.75) is 52.6 Å². The van der Waals surface area contributed by atoms with E-state index in [-0.39, 0.29) is 24.3 Å². The summed E-state index contributed by atoms with van der Waals surface area (Å²) in [6, 6.07) is 12.0. The summed E-state index contributed by atoms with van der Waals surface area (Å²) in [5, 5.41) is 22.9. The number of aliphatic carboxylic acids is 1. The number of aromatic nitrogens is 1. The number of hydrogen-bond donors (Lipinski definition) is 2. The van der Waals surface area contributed by atoms with Crippen molar-refractivity contribution in [1.82, 2.24) is 9.88 Å². The van der Waals surface area contributed by atoms with Gasteiger partial charge in [-0.25, -0.2) is 4.98 Å². The van der Waals surface area contributed by atoms with Gasteiger partial charge in [-0.2, -0.15) is 0 Å². The highest BCUT2D eigenvalue weighted by Gasteiger charge is 2.59. The molecule has 2 aromatic carbocycles. The summed E-state index contributed by atoms with van der Waals surface area (Å²) in [5.41, 5.74) is 4.61. The largest absolute Gasteiger partial charge is 0.488 e. The van der Waals surface area contributed by atoms with Crippen LogP contribution in [0.5, 0.6) is 5.75 Å². The molecule has 2 N–H and O–H groups in total. The molecule has 222 valence electrons. The average molecular weight is 590 g/mol. The Labute approximate surface area is 251 Å². The van der Waals surface area contributed by atoms with E-state index in [1.807, 2.05) is 54.5 Å². The highest BCUT2D eigenvalue weighted by molar-refractivity contribution is 7.14.